The van der Waals surface area contributed by atoms with Gasteiger partial charge in [0.2, 0.25) is 6.79 Å². The summed E-state index contributed by atoms with van der Waals surface area (Å²) in [5.74, 6) is 1.46. The summed E-state index contributed by atoms with van der Waals surface area (Å²) >= 11 is 0. The predicted molar refractivity (Wildman–Crippen MR) is 56.9 cm³/mol. The molecule has 1 heterocycles. The zero-order valence-electron chi connectivity index (χ0n) is 8.90. The van der Waals surface area contributed by atoms with Crippen LogP contribution in [0.15, 0.2) is 18.2 Å². The van der Waals surface area contributed by atoms with Crippen molar-refractivity contribution in [3.05, 3.63) is 23.8 Å². The lowest BCUT2D eigenvalue weighted by Crippen LogP contribution is -2.32. The Labute approximate surface area is 93.0 Å². The molecule has 0 saturated heterocycles. The fraction of sp³-hybridized carbons (Fsp3) is 0.364. The average molecular weight is 223 g/mol. The van der Waals surface area contributed by atoms with E-state index in [1.807, 2.05) is 25.1 Å². The number of rotatable bonds is 3. The quantitative estimate of drug-likeness (QED) is 0.817. The van der Waals surface area contributed by atoms with E-state index in [2.05, 4.69) is 5.32 Å². The molecule has 0 radical (unpaired) electrons. The molecule has 2 N–H and O–H groups in total. The summed E-state index contributed by atoms with van der Waals surface area (Å²) < 4.78 is 10.4. The predicted octanol–water partition coefficient (Wildman–Crippen LogP) is 1.61. The molecule has 0 spiro atoms. The Kier molecular flexibility index (Phi) is 2.85. The highest BCUT2D eigenvalue weighted by Crippen LogP contribution is 2.32. The first-order chi connectivity index (χ1) is 7.65. The van der Waals surface area contributed by atoms with Crippen molar-refractivity contribution in [3.8, 4) is 11.5 Å². The van der Waals surface area contributed by atoms with E-state index in [0.29, 0.717) is 6.42 Å². The number of hydrogen-bond donors (Lipinski definition) is 2. The Morgan fingerprint density at radius 1 is 1.50 bits per heavy atom. The van der Waals surface area contributed by atoms with Gasteiger partial charge < -0.3 is 19.9 Å². The second-order valence-electron chi connectivity index (χ2n) is 3.74. The van der Waals surface area contributed by atoms with Crippen LogP contribution < -0.4 is 14.8 Å². The highest BCUT2D eigenvalue weighted by Gasteiger charge is 2.14. The van der Waals surface area contributed by atoms with E-state index in [1.165, 1.54) is 0 Å². The fourth-order valence-corrected chi connectivity index (χ4v) is 1.68. The molecule has 16 heavy (non-hydrogen) atoms. The maximum Gasteiger partial charge on any atom is 0.404 e. The normalized spacial score (nSPS) is 14.6. The number of amides is 1. The van der Waals surface area contributed by atoms with Crippen LogP contribution in [0, 0.1) is 0 Å². The van der Waals surface area contributed by atoms with E-state index in [0.717, 1.165) is 17.1 Å². The second-order valence-corrected chi connectivity index (χ2v) is 3.74. The van der Waals surface area contributed by atoms with Crippen molar-refractivity contribution in [1.29, 1.82) is 0 Å². The van der Waals surface area contributed by atoms with Crippen molar-refractivity contribution in [3.63, 3.8) is 0 Å². The van der Waals surface area contributed by atoms with Gasteiger partial charge in [-0.1, -0.05) is 6.07 Å². The largest absolute Gasteiger partial charge is 0.465 e. The van der Waals surface area contributed by atoms with E-state index in [1.54, 1.807) is 0 Å². The smallest absolute Gasteiger partial charge is 0.404 e. The first-order valence-corrected chi connectivity index (χ1v) is 5.03. The van der Waals surface area contributed by atoms with Crippen LogP contribution in [0.4, 0.5) is 4.79 Å². The lowest BCUT2D eigenvalue weighted by Gasteiger charge is -2.11. The number of benzene rings is 1. The van der Waals surface area contributed by atoms with Crippen LogP contribution in [0.1, 0.15) is 12.5 Å². The SMILES string of the molecule is CC(Cc1ccc2c(c1)OCO2)NC(=O)O. The molecule has 1 aliphatic heterocycles. The first-order valence-electron chi connectivity index (χ1n) is 5.03. The number of ether oxygens (including phenoxy) is 2. The van der Waals surface area contributed by atoms with E-state index >= 15 is 0 Å². The maximum atomic E-state index is 10.4. The lowest BCUT2D eigenvalue weighted by molar-refractivity contribution is 0.174. The van der Waals surface area contributed by atoms with Crippen LogP contribution in [-0.4, -0.2) is 24.0 Å². The van der Waals surface area contributed by atoms with Gasteiger partial charge in [0.15, 0.2) is 11.5 Å². The molecule has 0 fully saturated rings. The molecular weight excluding hydrogens is 210 g/mol. The summed E-state index contributed by atoms with van der Waals surface area (Å²) in [5, 5.41) is 11.0. The molecular formula is C11H13NO4. The van der Waals surface area contributed by atoms with Crippen LogP contribution >= 0.6 is 0 Å². The molecule has 1 unspecified atom stereocenters. The van der Waals surface area contributed by atoms with Gasteiger partial charge in [-0.25, -0.2) is 4.79 Å². The second kappa shape index (κ2) is 4.30. The van der Waals surface area contributed by atoms with E-state index < -0.39 is 6.09 Å². The summed E-state index contributed by atoms with van der Waals surface area (Å²) in [6.45, 7) is 2.07. The van der Waals surface area contributed by atoms with Crippen molar-refractivity contribution in [2.24, 2.45) is 0 Å². The molecule has 0 aliphatic carbocycles. The third-order valence-corrected chi connectivity index (χ3v) is 2.35. The number of fused-ring (bicyclic) bond motifs is 1. The number of carboxylic acid groups (broad SMARTS) is 1. The summed E-state index contributed by atoms with van der Waals surface area (Å²) in [7, 11) is 0. The minimum atomic E-state index is -1.01. The first kappa shape index (κ1) is 10.6. The molecule has 0 bridgehead atoms. The van der Waals surface area contributed by atoms with E-state index in [9.17, 15) is 4.79 Å². The molecule has 1 aromatic rings. The van der Waals surface area contributed by atoms with Crippen LogP contribution in [0.5, 0.6) is 11.5 Å². The Balaban J connectivity index is 2.02. The standard InChI is InChI=1S/C11H13NO4/c1-7(12-11(13)14)4-8-2-3-9-10(5-8)16-6-15-9/h2-3,5,7,12H,4,6H2,1H3,(H,13,14). The fourth-order valence-electron chi connectivity index (χ4n) is 1.68. The molecule has 5 nitrogen and oxygen atoms in total. The Bertz CT molecular complexity index is 405. The van der Waals surface area contributed by atoms with Gasteiger partial charge in [0, 0.05) is 6.04 Å². The maximum absolute atomic E-state index is 10.4. The van der Waals surface area contributed by atoms with Gasteiger partial charge in [-0.15, -0.1) is 0 Å². The van der Waals surface area contributed by atoms with Crippen molar-refractivity contribution in [2.75, 3.05) is 6.79 Å². The number of hydrogen-bond acceptors (Lipinski definition) is 3. The summed E-state index contributed by atoms with van der Waals surface area (Å²) in [4.78, 5) is 10.4. The topological polar surface area (TPSA) is 67.8 Å². The van der Waals surface area contributed by atoms with Gasteiger partial charge in [0.05, 0.1) is 0 Å². The van der Waals surface area contributed by atoms with Crippen LogP contribution in [0.3, 0.4) is 0 Å². The number of carbonyl (C=O) groups is 1. The monoisotopic (exact) mass is 223 g/mol. The van der Waals surface area contributed by atoms with Gasteiger partial charge >= 0.3 is 6.09 Å². The molecule has 1 aliphatic rings. The summed E-state index contributed by atoms with van der Waals surface area (Å²) in [6, 6.07) is 5.50. The molecule has 0 aromatic heterocycles. The molecule has 86 valence electrons. The third kappa shape index (κ3) is 2.36. The van der Waals surface area contributed by atoms with Crippen LogP contribution in [-0.2, 0) is 6.42 Å². The van der Waals surface area contributed by atoms with E-state index in [-0.39, 0.29) is 12.8 Å². The van der Waals surface area contributed by atoms with Gasteiger partial charge in [-0.05, 0) is 31.0 Å². The molecule has 1 atom stereocenters. The Morgan fingerprint density at radius 3 is 3.00 bits per heavy atom. The third-order valence-electron chi connectivity index (χ3n) is 2.35. The van der Waals surface area contributed by atoms with Crippen molar-refractivity contribution >= 4 is 6.09 Å². The van der Waals surface area contributed by atoms with Gasteiger partial charge in [0.1, 0.15) is 0 Å². The molecule has 0 saturated carbocycles. The van der Waals surface area contributed by atoms with Gasteiger partial charge in [-0.2, -0.15) is 0 Å². The molecule has 1 amide bonds. The minimum Gasteiger partial charge on any atom is -0.465 e. The van der Waals surface area contributed by atoms with Crippen molar-refractivity contribution in [1.82, 2.24) is 5.32 Å². The van der Waals surface area contributed by atoms with E-state index in [4.69, 9.17) is 14.6 Å². The molecule has 2 rings (SSSR count). The Morgan fingerprint density at radius 2 is 2.25 bits per heavy atom. The minimum absolute atomic E-state index is 0.127. The van der Waals surface area contributed by atoms with Crippen molar-refractivity contribution in [2.45, 2.75) is 19.4 Å². The lowest BCUT2D eigenvalue weighted by atomic mass is 10.1. The van der Waals surface area contributed by atoms with Gasteiger partial charge in [0.25, 0.3) is 0 Å². The van der Waals surface area contributed by atoms with Crippen LogP contribution in [0.2, 0.25) is 0 Å². The average Bonchev–Trinajstić information content (AvgIpc) is 2.63. The van der Waals surface area contributed by atoms with Crippen LogP contribution in [0.25, 0.3) is 0 Å². The van der Waals surface area contributed by atoms with Crippen molar-refractivity contribution < 1.29 is 19.4 Å². The highest BCUT2D eigenvalue weighted by molar-refractivity contribution is 5.64. The highest BCUT2D eigenvalue weighted by atomic mass is 16.7. The zero-order valence-corrected chi connectivity index (χ0v) is 8.90. The number of nitrogens with one attached hydrogen (secondary N) is 1. The molecule has 1 aromatic carbocycles. The zero-order chi connectivity index (χ0) is 11.5. The molecule has 5 heteroatoms. The van der Waals surface area contributed by atoms with Gasteiger partial charge in [-0.3, -0.25) is 0 Å². The summed E-state index contributed by atoms with van der Waals surface area (Å²) in [5.41, 5.74) is 1.02. The Hall–Kier alpha value is -1.91. The summed E-state index contributed by atoms with van der Waals surface area (Å²) in [6.07, 6.45) is -0.378.